The zero-order valence-corrected chi connectivity index (χ0v) is 15.2. The molecule has 1 rings (SSSR count). The monoisotopic (exact) mass is 318 g/mol. The van der Waals surface area contributed by atoms with Crippen molar-refractivity contribution < 1.29 is 0 Å². The largest absolute Gasteiger partial charge is 0.280 e. The maximum absolute atomic E-state index is 6.67. The maximum Gasteiger partial charge on any atom is 0.280 e. The minimum Gasteiger partial charge on any atom is -0.140 e. The molecular formula is C14H24Cl2Si2. The van der Waals surface area contributed by atoms with Crippen LogP contribution in [0, 0.1) is 0 Å². The molecule has 0 spiro atoms. The van der Waals surface area contributed by atoms with Gasteiger partial charge in [0.25, 0.3) is 6.69 Å². The van der Waals surface area contributed by atoms with Gasteiger partial charge in [0.1, 0.15) is 0 Å². The molecule has 0 saturated heterocycles. The third kappa shape index (κ3) is 4.12. The Balaban J connectivity index is 2.72. The SMILES string of the molecule is CC[Si](CC)(CC)CC[Si](Cl)(Cl)c1ccccc1. The number of hydrogen-bond donors (Lipinski definition) is 0. The minimum atomic E-state index is -2.26. The normalized spacial score (nSPS) is 12.7. The molecule has 0 radical (unpaired) electrons. The van der Waals surface area contributed by atoms with Crippen LogP contribution in [-0.2, 0) is 0 Å². The van der Waals surface area contributed by atoms with Crippen LogP contribution in [0.25, 0.3) is 0 Å². The van der Waals surface area contributed by atoms with E-state index in [0.29, 0.717) is 0 Å². The molecule has 0 aliphatic carbocycles. The van der Waals surface area contributed by atoms with Crippen molar-refractivity contribution in [1.82, 2.24) is 0 Å². The van der Waals surface area contributed by atoms with Crippen LogP contribution in [0.2, 0.25) is 30.2 Å². The van der Waals surface area contributed by atoms with Crippen molar-refractivity contribution in [3.63, 3.8) is 0 Å². The van der Waals surface area contributed by atoms with Gasteiger partial charge in [-0.25, -0.2) is 0 Å². The second-order valence-electron chi connectivity index (χ2n) is 5.13. The van der Waals surface area contributed by atoms with Crippen molar-refractivity contribution in [1.29, 1.82) is 0 Å². The van der Waals surface area contributed by atoms with Gasteiger partial charge in [-0.3, -0.25) is 0 Å². The number of hydrogen-bond acceptors (Lipinski definition) is 0. The van der Waals surface area contributed by atoms with Crippen LogP contribution in [0.1, 0.15) is 20.8 Å². The third-order valence-corrected chi connectivity index (χ3v) is 15.2. The first-order valence-electron chi connectivity index (χ1n) is 6.93. The molecule has 0 bridgehead atoms. The fourth-order valence-electron chi connectivity index (χ4n) is 2.53. The Bertz CT molecular complexity index is 340. The Morgan fingerprint density at radius 1 is 0.833 bits per heavy atom. The van der Waals surface area contributed by atoms with Gasteiger partial charge in [-0.1, -0.05) is 75.3 Å². The summed E-state index contributed by atoms with van der Waals surface area (Å²) in [6.45, 7) is 4.76. The molecule has 0 atom stereocenters. The fraction of sp³-hybridized carbons (Fsp3) is 0.571. The second kappa shape index (κ2) is 7.13. The van der Waals surface area contributed by atoms with Gasteiger partial charge in [0, 0.05) is 0 Å². The molecular weight excluding hydrogens is 295 g/mol. The molecule has 1 aromatic rings. The van der Waals surface area contributed by atoms with Gasteiger partial charge in [0.15, 0.2) is 0 Å². The third-order valence-electron chi connectivity index (χ3n) is 4.42. The van der Waals surface area contributed by atoms with Gasteiger partial charge >= 0.3 is 0 Å². The number of halogens is 2. The lowest BCUT2D eigenvalue weighted by Gasteiger charge is -2.30. The zero-order chi connectivity index (χ0) is 13.6. The highest BCUT2D eigenvalue weighted by molar-refractivity contribution is 7.51. The molecule has 0 aliphatic heterocycles. The summed E-state index contributed by atoms with van der Waals surface area (Å²) in [7, 11) is -1.09. The first kappa shape index (κ1) is 16.3. The van der Waals surface area contributed by atoms with Crippen molar-refractivity contribution in [2.45, 2.75) is 51.0 Å². The minimum absolute atomic E-state index is 1.02. The van der Waals surface area contributed by atoms with Crippen molar-refractivity contribution in [2.24, 2.45) is 0 Å². The molecule has 0 heterocycles. The molecule has 0 N–H and O–H groups in total. The molecule has 0 fully saturated rings. The summed E-state index contributed by atoms with van der Waals surface area (Å²) in [5.74, 6) is 0. The van der Waals surface area contributed by atoms with Gasteiger partial charge in [0.2, 0.25) is 0 Å². The van der Waals surface area contributed by atoms with E-state index in [9.17, 15) is 0 Å². The number of rotatable bonds is 7. The summed E-state index contributed by atoms with van der Waals surface area (Å²) in [5, 5.41) is 1.17. The Morgan fingerprint density at radius 2 is 1.33 bits per heavy atom. The average molecular weight is 319 g/mol. The molecule has 4 heteroatoms. The van der Waals surface area contributed by atoms with E-state index in [2.05, 4.69) is 32.9 Å². The molecule has 102 valence electrons. The highest BCUT2D eigenvalue weighted by Gasteiger charge is 2.35. The van der Waals surface area contributed by atoms with Gasteiger partial charge in [-0.2, -0.15) is 0 Å². The molecule has 0 amide bonds. The highest BCUT2D eigenvalue weighted by atomic mass is 35.7. The Morgan fingerprint density at radius 3 is 1.78 bits per heavy atom. The van der Waals surface area contributed by atoms with E-state index >= 15 is 0 Å². The lowest BCUT2D eigenvalue weighted by Crippen LogP contribution is -2.40. The van der Waals surface area contributed by atoms with Crippen LogP contribution in [0.3, 0.4) is 0 Å². The standard InChI is InChI=1S/C14H24Cl2Si2/c1-4-17(5-2,6-3)12-13-18(15,16)14-10-8-7-9-11-14/h7-11H,4-6,12-13H2,1-3H3. The maximum atomic E-state index is 6.67. The summed E-state index contributed by atoms with van der Waals surface area (Å²) in [6, 6.07) is 16.6. The molecule has 0 nitrogen and oxygen atoms in total. The predicted octanol–water partition coefficient (Wildman–Crippen LogP) is 5.32. The van der Waals surface area contributed by atoms with E-state index in [1.807, 2.05) is 18.2 Å². The fourth-order valence-corrected chi connectivity index (χ4v) is 11.9. The lowest BCUT2D eigenvalue weighted by molar-refractivity contribution is 1.11. The summed E-state index contributed by atoms with van der Waals surface area (Å²) >= 11 is 13.3. The first-order chi connectivity index (χ1) is 8.49. The molecule has 18 heavy (non-hydrogen) atoms. The van der Waals surface area contributed by atoms with Crippen LogP contribution in [0.15, 0.2) is 30.3 Å². The molecule has 0 saturated carbocycles. The summed E-state index contributed by atoms with van der Waals surface area (Å²) in [5.41, 5.74) is 0. The topological polar surface area (TPSA) is 0 Å². The first-order valence-corrected chi connectivity index (χ1v) is 14.0. The second-order valence-corrected chi connectivity index (χ2v) is 17.7. The number of benzene rings is 1. The van der Waals surface area contributed by atoms with E-state index in [1.54, 1.807) is 0 Å². The summed E-state index contributed by atoms with van der Waals surface area (Å²) in [6.07, 6.45) is 0. The van der Waals surface area contributed by atoms with Crippen LogP contribution < -0.4 is 5.19 Å². The van der Waals surface area contributed by atoms with Crippen LogP contribution in [0.4, 0.5) is 0 Å². The predicted molar refractivity (Wildman–Crippen MR) is 90.3 cm³/mol. The molecule has 0 aliphatic rings. The van der Waals surface area contributed by atoms with Crippen molar-refractivity contribution >= 4 is 42.1 Å². The van der Waals surface area contributed by atoms with E-state index in [1.165, 1.54) is 29.4 Å². The van der Waals surface area contributed by atoms with Crippen molar-refractivity contribution in [2.75, 3.05) is 0 Å². The van der Waals surface area contributed by atoms with Crippen LogP contribution in [0.5, 0.6) is 0 Å². The molecule has 1 aromatic carbocycles. The summed E-state index contributed by atoms with van der Waals surface area (Å²) < 4.78 is 0. The smallest absolute Gasteiger partial charge is 0.140 e. The van der Waals surface area contributed by atoms with E-state index in [0.717, 1.165) is 6.04 Å². The van der Waals surface area contributed by atoms with Gasteiger partial charge in [-0.05, 0) is 11.2 Å². The highest BCUT2D eigenvalue weighted by Crippen LogP contribution is 2.32. The van der Waals surface area contributed by atoms with Gasteiger partial charge in [-0.15, -0.1) is 22.2 Å². The quantitative estimate of drug-likeness (QED) is 0.471. The van der Waals surface area contributed by atoms with E-state index in [-0.39, 0.29) is 0 Å². The van der Waals surface area contributed by atoms with Gasteiger partial charge in [0.05, 0.1) is 8.07 Å². The van der Waals surface area contributed by atoms with E-state index < -0.39 is 14.8 Å². The van der Waals surface area contributed by atoms with Crippen molar-refractivity contribution in [3.8, 4) is 0 Å². The Labute approximate surface area is 123 Å². The van der Waals surface area contributed by atoms with Crippen LogP contribution >= 0.6 is 22.2 Å². The zero-order valence-electron chi connectivity index (χ0n) is 11.7. The summed E-state index contributed by atoms with van der Waals surface area (Å²) in [4.78, 5) is 0. The van der Waals surface area contributed by atoms with Crippen LogP contribution in [-0.4, -0.2) is 14.8 Å². The molecule has 0 unspecified atom stereocenters. The Hall–Kier alpha value is 0.234. The lowest BCUT2D eigenvalue weighted by atomic mass is 10.4. The van der Waals surface area contributed by atoms with Gasteiger partial charge < -0.3 is 0 Å². The van der Waals surface area contributed by atoms with Crippen molar-refractivity contribution in [3.05, 3.63) is 30.3 Å². The average Bonchev–Trinajstić information content (AvgIpc) is 2.42. The molecule has 0 aromatic heterocycles. The van der Waals surface area contributed by atoms with E-state index in [4.69, 9.17) is 22.2 Å². The Kier molecular flexibility index (Phi) is 6.45.